The van der Waals surface area contributed by atoms with Crippen molar-refractivity contribution in [3.8, 4) is 5.75 Å². The predicted molar refractivity (Wildman–Crippen MR) is 143 cm³/mol. The summed E-state index contributed by atoms with van der Waals surface area (Å²) in [5.74, 6) is 1.46. The Morgan fingerprint density at radius 1 is 1.14 bits per heavy atom. The number of hydrogen-bond donors (Lipinski definition) is 1. The quantitative estimate of drug-likeness (QED) is 0.550. The minimum Gasteiger partial charge on any atom is -0.497 e. The molecule has 1 saturated carbocycles. The van der Waals surface area contributed by atoms with Crippen LogP contribution in [0, 0.1) is 11.3 Å². The molecule has 1 aliphatic carbocycles. The average molecular weight is 505 g/mol. The number of aromatic nitrogens is 1. The number of rotatable bonds is 9. The van der Waals surface area contributed by atoms with Gasteiger partial charge in [0.2, 0.25) is 11.8 Å². The molecule has 2 aliphatic heterocycles. The van der Waals surface area contributed by atoms with E-state index in [9.17, 15) is 9.59 Å². The van der Waals surface area contributed by atoms with Gasteiger partial charge < -0.3 is 19.9 Å². The van der Waals surface area contributed by atoms with Gasteiger partial charge in [-0.2, -0.15) is 0 Å². The fraction of sp³-hybridized carbons (Fsp3) is 0.567. The van der Waals surface area contributed by atoms with Gasteiger partial charge >= 0.3 is 0 Å². The molecule has 2 saturated heterocycles. The molecule has 1 aromatic carbocycles. The zero-order valence-corrected chi connectivity index (χ0v) is 22.0. The summed E-state index contributed by atoms with van der Waals surface area (Å²) in [7, 11) is 1.68. The number of likely N-dealkylation sites (tertiary alicyclic amines) is 2. The van der Waals surface area contributed by atoms with Gasteiger partial charge in [0.25, 0.3) is 0 Å². The van der Waals surface area contributed by atoms with E-state index in [1.807, 2.05) is 41.4 Å². The maximum absolute atomic E-state index is 13.4. The first-order valence-corrected chi connectivity index (χ1v) is 13.9. The molecule has 3 fully saturated rings. The molecular formula is C30H40N4O3. The van der Waals surface area contributed by atoms with Crippen LogP contribution in [-0.4, -0.2) is 59.9 Å². The van der Waals surface area contributed by atoms with Gasteiger partial charge in [0, 0.05) is 37.9 Å². The number of piperidine rings is 1. The van der Waals surface area contributed by atoms with Crippen LogP contribution < -0.4 is 10.1 Å². The maximum Gasteiger partial charge on any atom is 0.229 e. The van der Waals surface area contributed by atoms with Crippen LogP contribution in [0.15, 0.2) is 48.8 Å². The molecule has 3 aliphatic rings. The third-order valence-electron chi connectivity index (χ3n) is 8.78. The van der Waals surface area contributed by atoms with Gasteiger partial charge in [-0.25, -0.2) is 0 Å². The molecule has 0 bridgehead atoms. The van der Waals surface area contributed by atoms with Crippen LogP contribution in [0.3, 0.4) is 0 Å². The normalized spacial score (nSPS) is 20.9. The molecule has 37 heavy (non-hydrogen) atoms. The number of hydrogen-bond acceptors (Lipinski definition) is 5. The van der Waals surface area contributed by atoms with Gasteiger partial charge in [-0.05, 0) is 80.9 Å². The Balaban J connectivity index is 1.17. The Bertz CT molecular complexity index is 1060. The van der Waals surface area contributed by atoms with Gasteiger partial charge in [-0.1, -0.05) is 31.0 Å². The van der Waals surface area contributed by atoms with Crippen molar-refractivity contribution in [1.29, 1.82) is 0 Å². The highest BCUT2D eigenvalue weighted by Crippen LogP contribution is 2.42. The van der Waals surface area contributed by atoms with Crippen molar-refractivity contribution < 1.29 is 14.3 Å². The van der Waals surface area contributed by atoms with Crippen molar-refractivity contribution >= 4 is 11.8 Å². The molecule has 5 rings (SSSR count). The van der Waals surface area contributed by atoms with Crippen LogP contribution in [0.1, 0.15) is 68.5 Å². The summed E-state index contributed by atoms with van der Waals surface area (Å²) < 4.78 is 5.45. The SMILES string of the molecule is COc1cccc(C(CCN2CCC3(CC2)CCN(Cc2cccnc2)C3=O)NC(=O)C2CCCC2)c1. The molecule has 7 heteroatoms. The summed E-state index contributed by atoms with van der Waals surface area (Å²) in [4.78, 5) is 35.1. The lowest BCUT2D eigenvalue weighted by molar-refractivity contribution is -0.139. The molecule has 2 amide bonds. The number of methoxy groups -OCH3 is 1. The second-order valence-electron chi connectivity index (χ2n) is 11.1. The van der Waals surface area contributed by atoms with E-state index in [4.69, 9.17) is 4.74 Å². The summed E-state index contributed by atoms with van der Waals surface area (Å²) in [5.41, 5.74) is 1.98. The van der Waals surface area contributed by atoms with Crippen molar-refractivity contribution in [3.63, 3.8) is 0 Å². The van der Waals surface area contributed by atoms with Crippen LogP contribution in [-0.2, 0) is 16.1 Å². The number of nitrogens with one attached hydrogen (secondary N) is 1. The number of carbonyl (C=O) groups is 2. The molecule has 198 valence electrons. The zero-order valence-electron chi connectivity index (χ0n) is 22.0. The molecule has 1 aromatic heterocycles. The Morgan fingerprint density at radius 3 is 2.65 bits per heavy atom. The van der Waals surface area contributed by atoms with Gasteiger partial charge in [-0.3, -0.25) is 14.6 Å². The minimum absolute atomic E-state index is 0.0397. The largest absolute Gasteiger partial charge is 0.497 e. The molecule has 1 atom stereocenters. The van der Waals surface area contributed by atoms with E-state index in [0.29, 0.717) is 12.5 Å². The number of nitrogens with zero attached hydrogens (tertiary/aromatic N) is 3. The second-order valence-corrected chi connectivity index (χ2v) is 11.1. The average Bonchev–Trinajstić information content (AvgIpc) is 3.58. The molecule has 1 N–H and O–H groups in total. The van der Waals surface area contributed by atoms with Gasteiger partial charge in [0.15, 0.2) is 0 Å². The van der Waals surface area contributed by atoms with Gasteiger partial charge in [0.05, 0.1) is 18.6 Å². The standard InChI is InChI=1S/C30H40N4O3/c1-37-26-10-4-9-25(20-26)27(32-28(35)24-7-2-3-8-24)11-16-33-17-12-30(13-18-33)14-19-34(29(30)36)22-23-6-5-15-31-21-23/h4-6,9-10,15,20-21,24,27H,2-3,7-8,11-14,16-19,22H2,1H3,(H,32,35). The summed E-state index contributed by atoms with van der Waals surface area (Å²) in [6, 6.07) is 12.0. The first kappa shape index (κ1) is 25.7. The third kappa shape index (κ3) is 5.98. The number of benzene rings is 1. The second kappa shape index (κ2) is 11.6. The topological polar surface area (TPSA) is 74.8 Å². The first-order valence-electron chi connectivity index (χ1n) is 13.9. The molecule has 2 aromatic rings. The first-order chi connectivity index (χ1) is 18.1. The maximum atomic E-state index is 13.4. The lowest BCUT2D eigenvalue weighted by Crippen LogP contribution is -2.45. The molecule has 0 radical (unpaired) electrons. The Kier molecular flexibility index (Phi) is 8.08. The third-order valence-corrected chi connectivity index (χ3v) is 8.78. The predicted octanol–water partition coefficient (Wildman–Crippen LogP) is 4.34. The van der Waals surface area contributed by atoms with E-state index in [1.165, 1.54) is 0 Å². The highest BCUT2D eigenvalue weighted by molar-refractivity contribution is 5.85. The van der Waals surface area contributed by atoms with E-state index in [1.54, 1.807) is 13.3 Å². The molecular weight excluding hydrogens is 464 g/mol. The van der Waals surface area contributed by atoms with E-state index >= 15 is 0 Å². The molecule has 3 heterocycles. The van der Waals surface area contributed by atoms with Crippen molar-refractivity contribution in [1.82, 2.24) is 20.1 Å². The number of ether oxygens (including phenoxy) is 1. The molecule has 7 nitrogen and oxygen atoms in total. The van der Waals surface area contributed by atoms with E-state index in [0.717, 1.165) is 94.4 Å². The smallest absolute Gasteiger partial charge is 0.229 e. The summed E-state index contributed by atoms with van der Waals surface area (Å²) in [5, 5.41) is 3.36. The number of amides is 2. The zero-order chi connectivity index (χ0) is 25.7. The molecule has 1 unspecified atom stereocenters. The fourth-order valence-corrected chi connectivity index (χ4v) is 6.39. The Hall–Kier alpha value is -2.93. The van der Waals surface area contributed by atoms with Crippen molar-refractivity contribution in [2.45, 2.75) is 64.0 Å². The molecule has 1 spiro atoms. The van der Waals surface area contributed by atoms with Crippen LogP contribution in [0.4, 0.5) is 0 Å². The van der Waals surface area contributed by atoms with Crippen LogP contribution >= 0.6 is 0 Å². The summed E-state index contributed by atoms with van der Waals surface area (Å²) in [6.07, 6.45) is 11.5. The lowest BCUT2D eigenvalue weighted by Gasteiger charge is -2.38. The van der Waals surface area contributed by atoms with E-state index < -0.39 is 0 Å². The summed E-state index contributed by atoms with van der Waals surface area (Å²) >= 11 is 0. The highest BCUT2D eigenvalue weighted by Gasteiger charge is 2.47. The van der Waals surface area contributed by atoms with Crippen LogP contribution in [0.5, 0.6) is 5.75 Å². The summed E-state index contributed by atoms with van der Waals surface area (Å²) in [6.45, 7) is 4.23. The van der Waals surface area contributed by atoms with Crippen molar-refractivity contribution in [2.24, 2.45) is 11.3 Å². The van der Waals surface area contributed by atoms with E-state index in [-0.39, 0.29) is 23.3 Å². The monoisotopic (exact) mass is 504 g/mol. The fourth-order valence-electron chi connectivity index (χ4n) is 6.39. The van der Waals surface area contributed by atoms with Crippen molar-refractivity contribution in [3.05, 3.63) is 59.9 Å². The lowest BCUT2D eigenvalue weighted by atomic mass is 9.77. The van der Waals surface area contributed by atoms with Crippen LogP contribution in [0.25, 0.3) is 0 Å². The van der Waals surface area contributed by atoms with Crippen LogP contribution in [0.2, 0.25) is 0 Å². The number of pyridine rings is 1. The number of carbonyl (C=O) groups excluding carboxylic acids is 2. The van der Waals surface area contributed by atoms with Gasteiger partial charge in [0.1, 0.15) is 5.75 Å². The van der Waals surface area contributed by atoms with Crippen molar-refractivity contribution in [2.75, 3.05) is 33.3 Å². The Morgan fingerprint density at radius 2 is 1.92 bits per heavy atom. The van der Waals surface area contributed by atoms with E-state index in [2.05, 4.69) is 21.3 Å². The Labute approximate surface area is 220 Å². The van der Waals surface area contributed by atoms with Gasteiger partial charge in [-0.15, -0.1) is 0 Å². The minimum atomic E-state index is -0.207. The highest BCUT2D eigenvalue weighted by atomic mass is 16.5.